The molecule has 84 valence electrons. The second kappa shape index (κ2) is 3.98. The molecule has 2 aromatic rings. The minimum Gasteiger partial charge on any atom is -0.380 e. The average molecular weight is 236 g/mol. The molecular formula is C12H14ClN3. The standard InChI is InChI=1S/C12H14ClN3/c13-10-7-15-12-9(5-6-14-12)11(10)16-8-3-1-2-4-8/h5-8H,1-4H2,(H2,14,15,16). The first-order valence-corrected chi connectivity index (χ1v) is 6.10. The van der Waals surface area contributed by atoms with E-state index in [0.717, 1.165) is 16.7 Å². The third-order valence-electron chi connectivity index (χ3n) is 3.24. The quantitative estimate of drug-likeness (QED) is 0.836. The molecular weight excluding hydrogens is 222 g/mol. The van der Waals surface area contributed by atoms with Crippen LogP contribution in [0.5, 0.6) is 0 Å². The van der Waals surface area contributed by atoms with Gasteiger partial charge in [0, 0.05) is 17.6 Å². The first-order valence-electron chi connectivity index (χ1n) is 5.73. The lowest BCUT2D eigenvalue weighted by Crippen LogP contribution is -2.15. The maximum absolute atomic E-state index is 6.20. The van der Waals surface area contributed by atoms with Crippen molar-refractivity contribution in [3.8, 4) is 0 Å². The smallest absolute Gasteiger partial charge is 0.139 e. The summed E-state index contributed by atoms with van der Waals surface area (Å²) < 4.78 is 0. The molecule has 0 saturated heterocycles. The van der Waals surface area contributed by atoms with Gasteiger partial charge in [0.15, 0.2) is 0 Å². The fourth-order valence-electron chi connectivity index (χ4n) is 2.40. The van der Waals surface area contributed by atoms with Gasteiger partial charge in [-0.3, -0.25) is 0 Å². The van der Waals surface area contributed by atoms with Crippen molar-refractivity contribution in [2.45, 2.75) is 31.7 Å². The highest BCUT2D eigenvalue weighted by Crippen LogP contribution is 2.32. The van der Waals surface area contributed by atoms with Gasteiger partial charge in [-0.25, -0.2) is 4.98 Å². The fourth-order valence-corrected chi connectivity index (χ4v) is 2.61. The molecule has 16 heavy (non-hydrogen) atoms. The van der Waals surface area contributed by atoms with Crippen LogP contribution in [0.25, 0.3) is 11.0 Å². The molecule has 0 aromatic carbocycles. The van der Waals surface area contributed by atoms with Crippen LogP contribution in [0.1, 0.15) is 25.7 Å². The van der Waals surface area contributed by atoms with Crippen LogP contribution in [0.3, 0.4) is 0 Å². The lowest BCUT2D eigenvalue weighted by molar-refractivity contribution is 0.756. The van der Waals surface area contributed by atoms with Crippen LogP contribution < -0.4 is 5.32 Å². The molecule has 0 bridgehead atoms. The molecule has 0 atom stereocenters. The largest absolute Gasteiger partial charge is 0.380 e. The zero-order valence-electron chi connectivity index (χ0n) is 8.96. The Morgan fingerprint density at radius 2 is 2.19 bits per heavy atom. The number of nitrogens with zero attached hydrogens (tertiary/aromatic N) is 1. The molecule has 4 heteroatoms. The molecule has 1 saturated carbocycles. The van der Waals surface area contributed by atoms with Crippen LogP contribution in [-0.2, 0) is 0 Å². The van der Waals surface area contributed by atoms with Crippen molar-refractivity contribution in [3.05, 3.63) is 23.5 Å². The number of pyridine rings is 1. The zero-order valence-corrected chi connectivity index (χ0v) is 9.72. The third kappa shape index (κ3) is 1.65. The Kier molecular flexibility index (Phi) is 2.48. The molecule has 2 N–H and O–H groups in total. The first-order chi connectivity index (χ1) is 7.84. The Labute approximate surface area is 99.2 Å². The third-order valence-corrected chi connectivity index (χ3v) is 3.53. The van der Waals surface area contributed by atoms with Gasteiger partial charge in [-0.2, -0.15) is 0 Å². The molecule has 0 unspecified atom stereocenters. The van der Waals surface area contributed by atoms with E-state index in [1.807, 2.05) is 12.3 Å². The molecule has 0 amide bonds. The number of anilines is 1. The normalized spacial score (nSPS) is 17.1. The van der Waals surface area contributed by atoms with Crippen molar-refractivity contribution in [2.24, 2.45) is 0 Å². The summed E-state index contributed by atoms with van der Waals surface area (Å²) in [5.41, 5.74) is 1.92. The summed E-state index contributed by atoms with van der Waals surface area (Å²) in [4.78, 5) is 7.35. The number of halogens is 1. The molecule has 1 aliphatic carbocycles. The Balaban J connectivity index is 1.99. The van der Waals surface area contributed by atoms with E-state index in [-0.39, 0.29) is 0 Å². The average Bonchev–Trinajstić information content (AvgIpc) is 2.92. The lowest BCUT2D eigenvalue weighted by atomic mass is 10.2. The van der Waals surface area contributed by atoms with Crippen LogP contribution in [-0.4, -0.2) is 16.0 Å². The molecule has 0 radical (unpaired) electrons. The zero-order chi connectivity index (χ0) is 11.0. The minimum atomic E-state index is 0.568. The Morgan fingerprint density at radius 1 is 1.38 bits per heavy atom. The molecule has 1 fully saturated rings. The van der Waals surface area contributed by atoms with Crippen LogP contribution in [0.15, 0.2) is 18.5 Å². The van der Waals surface area contributed by atoms with E-state index in [1.54, 1.807) is 6.20 Å². The van der Waals surface area contributed by atoms with Crippen LogP contribution in [0.2, 0.25) is 5.02 Å². The van der Waals surface area contributed by atoms with Crippen molar-refractivity contribution < 1.29 is 0 Å². The van der Waals surface area contributed by atoms with E-state index < -0.39 is 0 Å². The van der Waals surface area contributed by atoms with Crippen molar-refractivity contribution >= 4 is 28.3 Å². The second-order valence-corrected chi connectivity index (χ2v) is 4.75. The number of fused-ring (bicyclic) bond motifs is 1. The predicted octanol–water partition coefficient (Wildman–Crippen LogP) is 3.57. The van der Waals surface area contributed by atoms with Gasteiger partial charge in [-0.05, 0) is 18.9 Å². The number of hydrogen-bond acceptors (Lipinski definition) is 2. The SMILES string of the molecule is Clc1cnc2[nH]ccc2c1NC1CCCC1. The molecule has 0 aliphatic heterocycles. The van der Waals surface area contributed by atoms with Crippen molar-refractivity contribution in [2.75, 3.05) is 5.32 Å². The number of aromatic nitrogens is 2. The van der Waals surface area contributed by atoms with Crippen molar-refractivity contribution in [1.82, 2.24) is 9.97 Å². The van der Waals surface area contributed by atoms with Gasteiger partial charge in [0.2, 0.25) is 0 Å². The summed E-state index contributed by atoms with van der Waals surface area (Å²) in [7, 11) is 0. The van der Waals surface area contributed by atoms with E-state index in [1.165, 1.54) is 25.7 Å². The van der Waals surface area contributed by atoms with E-state index in [2.05, 4.69) is 15.3 Å². The number of aromatic amines is 1. The molecule has 3 nitrogen and oxygen atoms in total. The lowest BCUT2D eigenvalue weighted by Gasteiger charge is -2.15. The summed E-state index contributed by atoms with van der Waals surface area (Å²) in [5, 5.41) is 5.34. The summed E-state index contributed by atoms with van der Waals surface area (Å²) in [6.07, 6.45) is 8.72. The molecule has 3 rings (SSSR count). The molecule has 1 aliphatic rings. The topological polar surface area (TPSA) is 40.7 Å². The minimum absolute atomic E-state index is 0.568. The van der Waals surface area contributed by atoms with Crippen LogP contribution >= 0.6 is 11.6 Å². The van der Waals surface area contributed by atoms with Crippen molar-refractivity contribution in [3.63, 3.8) is 0 Å². The van der Waals surface area contributed by atoms with E-state index in [0.29, 0.717) is 11.1 Å². The summed E-state index contributed by atoms with van der Waals surface area (Å²) in [5.74, 6) is 0. The summed E-state index contributed by atoms with van der Waals surface area (Å²) >= 11 is 6.20. The summed E-state index contributed by atoms with van der Waals surface area (Å²) in [6, 6.07) is 2.59. The van der Waals surface area contributed by atoms with Crippen molar-refractivity contribution in [1.29, 1.82) is 0 Å². The van der Waals surface area contributed by atoms with Crippen LogP contribution in [0, 0.1) is 0 Å². The maximum atomic E-state index is 6.20. The van der Waals surface area contributed by atoms with Gasteiger partial charge in [-0.15, -0.1) is 0 Å². The number of nitrogens with one attached hydrogen (secondary N) is 2. The van der Waals surface area contributed by atoms with E-state index in [9.17, 15) is 0 Å². The Bertz CT molecular complexity index is 500. The van der Waals surface area contributed by atoms with E-state index >= 15 is 0 Å². The highest BCUT2D eigenvalue weighted by atomic mass is 35.5. The first kappa shape index (κ1) is 9.97. The van der Waals surface area contributed by atoms with E-state index in [4.69, 9.17) is 11.6 Å². The second-order valence-electron chi connectivity index (χ2n) is 4.35. The highest BCUT2D eigenvalue weighted by Gasteiger charge is 2.17. The number of hydrogen-bond donors (Lipinski definition) is 2. The van der Waals surface area contributed by atoms with Gasteiger partial charge in [0.05, 0.1) is 16.9 Å². The number of H-pyrrole nitrogens is 1. The van der Waals surface area contributed by atoms with Gasteiger partial charge in [-0.1, -0.05) is 24.4 Å². The fraction of sp³-hybridized carbons (Fsp3) is 0.417. The predicted molar refractivity (Wildman–Crippen MR) is 67.0 cm³/mol. The Hall–Kier alpha value is -1.22. The van der Waals surface area contributed by atoms with Gasteiger partial charge in [0.1, 0.15) is 5.65 Å². The molecule has 0 spiro atoms. The molecule has 2 aromatic heterocycles. The maximum Gasteiger partial charge on any atom is 0.139 e. The van der Waals surface area contributed by atoms with Gasteiger partial charge < -0.3 is 10.3 Å². The highest BCUT2D eigenvalue weighted by molar-refractivity contribution is 6.34. The Morgan fingerprint density at radius 3 is 3.00 bits per heavy atom. The number of rotatable bonds is 2. The molecule has 2 heterocycles. The van der Waals surface area contributed by atoms with Crippen LogP contribution in [0.4, 0.5) is 5.69 Å². The van der Waals surface area contributed by atoms with Gasteiger partial charge in [0.25, 0.3) is 0 Å². The monoisotopic (exact) mass is 235 g/mol. The summed E-state index contributed by atoms with van der Waals surface area (Å²) in [6.45, 7) is 0. The van der Waals surface area contributed by atoms with Gasteiger partial charge >= 0.3 is 0 Å².